The van der Waals surface area contributed by atoms with Gasteiger partial charge >= 0.3 is 5.97 Å². The van der Waals surface area contributed by atoms with Gasteiger partial charge in [-0.2, -0.15) is 0 Å². The van der Waals surface area contributed by atoms with Crippen LogP contribution in [-0.4, -0.2) is 47.3 Å². The molecule has 0 amide bonds. The summed E-state index contributed by atoms with van der Waals surface area (Å²) in [7, 11) is 2.40. The van der Waals surface area contributed by atoms with E-state index in [9.17, 15) is 9.00 Å². The number of rotatable bonds is 6. The fraction of sp³-hybridized carbons (Fsp3) is 0.579. The minimum Gasteiger partial charge on any atom is -0.465 e. The highest BCUT2D eigenvalue weighted by atomic mass is 32.2. The van der Waals surface area contributed by atoms with Crippen molar-refractivity contribution >= 4 is 22.7 Å². The quantitative estimate of drug-likeness (QED) is 0.450. The average molecular weight is 380 g/mol. The van der Waals surface area contributed by atoms with E-state index < -0.39 is 10.8 Å². The molecule has 144 valence electrons. The van der Waals surface area contributed by atoms with Crippen LogP contribution in [0.1, 0.15) is 48.5 Å². The molecule has 1 saturated carbocycles. The first kappa shape index (κ1) is 20.4. The molecule has 6 nitrogen and oxygen atoms in total. The molecular formula is C19H29N3O3S. The second-order valence-electron chi connectivity index (χ2n) is 6.41. The van der Waals surface area contributed by atoms with Crippen molar-refractivity contribution in [3.63, 3.8) is 0 Å². The van der Waals surface area contributed by atoms with Gasteiger partial charge in [0.15, 0.2) is 5.96 Å². The van der Waals surface area contributed by atoms with Gasteiger partial charge in [-0.25, -0.2) is 4.79 Å². The highest BCUT2D eigenvalue weighted by Gasteiger charge is 2.25. The summed E-state index contributed by atoms with van der Waals surface area (Å²) in [4.78, 5) is 15.8. The third kappa shape index (κ3) is 5.83. The molecule has 1 aromatic carbocycles. The fourth-order valence-electron chi connectivity index (χ4n) is 3.20. The van der Waals surface area contributed by atoms with Gasteiger partial charge in [-0.3, -0.25) is 9.20 Å². The number of nitrogens with zero attached hydrogens (tertiary/aromatic N) is 1. The molecule has 1 aliphatic carbocycles. The van der Waals surface area contributed by atoms with Crippen LogP contribution in [0.4, 0.5) is 0 Å². The molecule has 1 fully saturated rings. The molecule has 0 aliphatic heterocycles. The smallest absolute Gasteiger partial charge is 0.337 e. The summed E-state index contributed by atoms with van der Waals surface area (Å²) in [5.41, 5.74) is 1.59. The number of hydrogen-bond acceptors (Lipinski definition) is 4. The van der Waals surface area contributed by atoms with E-state index in [0.29, 0.717) is 18.2 Å². The van der Waals surface area contributed by atoms with Crippen molar-refractivity contribution < 1.29 is 13.7 Å². The lowest BCUT2D eigenvalue weighted by Gasteiger charge is -2.30. The number of ether oxygens (including phenoxy) is 1. The molecule has 26 heavy (non-hydrogen) atoms. The molecule has 7 heteroatoms. The van der Waals surface area contributed by atoms with E-state index in [0.717, 1.165) is 43.0 Å². The summed E-state index contributed by atoms with van der Waals surface area (Å²) in [6.07, 6.45) is 4.15. The van der Waals surface area contributed by atoms with Gasteiger partial charge in [0.25, 0.3) is 0 Å². The molecule has 0 heterocycles. The Morgan fingerprint density at radius 3 is 2.65 bits per heavy atom. The molecule has 0 bridgehead atoms. The van der Waals surface area contributed by atoms with Crippen LogP contribution < -0.4 is 10.6 Å². The third-order valence-electron chi connectivity index (χ3n) is 4.68. The second kappa shape index (κ2) is 10.3. The van der Waals surface area contributed by atoms with Gasteiger partial charge in [-0.15, -0.1) is 0 Å². The predicted octanol–water partition coefficient (Wildman–Crippen LogP) is 2.22. The topological polar surface area (TPSA) is 79.8 Å². The summed E-state index contributed by atoms with van der Waals surface area (Å²) >= 11 is 0. The Labute approximate surface area is 158 Å². The highest BCUT2D eigenvalue weighted by molar-refractivity contribution is 7.85. The maximum absolute atomic E-state index is 12.1. The first-order valence-electron chi connectivity index (χ1n) is 9.09. The minimum absolute atomic E-state index is 0.287. The van der Waals surface area contributed by atoms with Crippen LogP contribution in [0.5, 0.6) is 0 Å². The van der Waals surface area contributed by atoms with Crippen molar-refractivity contribution in [1.29, 1.82) is 0 Å². The van der Waals surface area contributed by atoms with Crippen LogP contribution in [0, 0.1) is 0 Å². The number of carbonyl (C=O) groups is 1. The van der Waals surface area contributed by atoms with Crippen LogP contribution in [-0.2, 0) is 22.1 Å². The predicted molar refractivity (Wildman–Crippen MR) is 106 cm³/mol. The zero-order valence-electron chi connectivity index (χ0n) is 15.8. The normalized spacial score (nSPS) is 21.7. The van der Waals surface area contributed by atoms with E-state index in [1.165, 1.54) is 7.11 Å². The summed E-state index contributed by atoms with van der Waals surface area (Å²) in [6.45, 7) is 2.59. The van der Waals surface area contributed by atoms with Crippen molar-refractivity contribution in [3.8, 4) is 0 Å². The van der Waals surface area contributed by atoms with E-state index in [4.69, 9.17) is 4.74 Å². The molecule has 1 aliphatic rings. The Bertz CT molecular complexity index is 646. The van der Waals surface area contributed by atoms with E-state index >= 15 is 0 Å². The Balaban J connectivity index is 1.86. The van der Waals surface area contributed by atoms with Crippen LogP contribution in [0.2, 0.25) is 0 Å². The lowest BCUT2D eigenvalue weighted by Crippen LogP contribution is -2.46. The van der Waals surface area contributed by atoms with Crippen molar-refractivity contribution in [2.45, 2.75) is 50.4 Å². The average Bonchev–Trinajstić information content (AvgIpc) is 2.70. The van der Waals surface area contributed by atoms with Gasteiger partial charge in [0.1, 0.15) is 0 Å². The summed E-state index contributed by atoms with van der Waals surface area (Å²) < 4.78 is 16.8. The maximum atomic E-state index is 12.1. The maximum Gasteiger partial charge on any atom is 0.337 e. The first-order chi connectivity index (χ1) is 12.6. The standard InChI is InChI=1S/C19H29N3O3S/c1-4-26(24)17-7-5-6-16(12-17)22-19(20-2)21-13-14-8-10-15(11-9-14)18(23)25-3/h8-11,16-17H,4-7,12-13H2,1-3H3,(H2,20,21,22). The van der Waals surface area contributed by atoms with Gasteiger partial charge in [0.05, 0.1) is 12.7 Å². The largest absolute Gasteiger partial charge is 0.465 e. The van der Waals surface area contributed by atoms with E-state index in [1.54, 1.807) is 19.2 Å². The van der Waals surface area contributed by atoms with Crippen molar-refractivity contribution in [3.05, 3.63) is 35.4 Å². The molecule has 0 saturated heterocycles. The van der Waals surface area contributed by atoms with E-state index in [1.807, 2.05) is 19.1 Å². The monoisotopic (exact) mass is 379 g/mol. The van der Waals surface area contributed by atoms with Crippen molar-refractivity contribution in [1.82, 2.24) is 10.6 Å². The number of guanidine groups is 1. The molecule has 0 spiro atoms. The molecule has 3 unspecified atom stereocenters. The number of carbonyl (C=O) groups excluding carboxylic acids is 1. The summed E-state index contributed by atoms with van der Waals surface area (Å²) in [6, 6.07) is 7.61. The number of aliphatic imine (C=N–C) groups is 1. The Morgan fingerprint density at radius 1 is 1.31 bits per heavy atom. The Hall–Kier alpha value is -1.89. The van der Waals surface area contributed by atoms with Crippen LogP contribution >= 0.6 is 0 Å². The minimum atomic E-state index is -0.729. The summed E-state index contributed by atoms with van der Waals surface area (Å²) in [5.74, 6) is 1.14. The highest BCUT2D eigenvalue weighted by Crippen LogP contribution is 2.23. The Kier molecular flexibility index (Phi) is 8.09. The van der Waals surface area contributed by atoms with Crippen LogP contribution in [0.15, 0.2) is 29.3 Å². The summed E-state index contributed by atoms with van der Waals surface area (Å²) in [5, 5.41) is 7.04. The van der Waals surface area contributed by atoms with Gasteiger partial charge in [0, 0.05) is 41.4 Å². The fourth-order valence-corrected chi connectivity index (χ4v) is 4.55. The molecule has 0 radical (unpaired) electrons. The third-order valence-corrected chi connectivity index (χ3v) is 6.42. The number of methoxy groups -OCH3 is 1. The Morgan fingerprint density at radius 2 is 2.04 bits per heavy atom. The van der Waals surface area contributed by atoms with Gasteiger partial charge in [-0.1, -0.05) is 25.5 Å². The van der Waals surface area contributed by atoms with Gasteiger partial charge in [0.2, 0.25) is 0 Å². The zero-order valence-corrected chi connectivity index (χ0v) is 16.6. The first-order valence-corrected chi connectivity index (χ1v) is 10.5. The van der Waals surface area contributed by atoms with Crippen molar-refractivity contribution in [2.75, 3.05) is 19.9 Å². The second-order valence-corrected chi connectivity index (χ2v) is 8.42. The SMILES string of the molecule is CCS(=O)C1CCCC(NC(=NC)NCc2ccc(C(=O)OC)cc2)C1. The van der Waals surface area contributed by atoms with Crippen LogP contribution in [0.25, 0.3) is 0 Å². The molecule has 0 aromatic heterocycles. The van der Waals surface area contributed by atoms with E-state index in [2.05, 4.69) is 15.6 Å². The number of hydrogen-bond donors (Lipinski definition) is 2. The van der Waals surface area contributed by atoms with Gasteiger partial charge in [-0.05, 0) is 37.0 Å². The molecule has 1 aromatic rings. The molecule has 3 atom stereocenters. The zero-order chi connectivity index (χ0) is 18.9. The number of nitrogens with one attached hydrogen (secondary N) is 2. The lowest BCUT2D eigenvalue weighted by molar-refractivity contribution is 0.0600. The molecular weight excluding hydrogens is 350 g/mol. The molecule has 2 rings (SSSR count). The number of benzene rings is 1. The van der Waals surface area contributed by atoms with Crippen LogP contribution in [0.3, 0.4) is 0 Å². The van der Waals surface area contributed by atoms with Crippen molar-refractivity contribution in [2.24, 2.45) is 4.99 Å². The van der Waals surface area contributed by atoms with Gasteiger partial charge < -0.3 is 15.4 Å². The molecule has 2 N–H and O–H groups in total. The lowest BCUT2D eigenvalue weighted by atomic mass is 9.95. The number of esters is 1. The van der Waals surface area contributed by atoms with E-state index in [-0.39, 0.29) is 11.2 Å².